The predicted octanol–water partition coefficient (Wildman–Crippen LogP) is 1.64. The van der Waals surface area contributed by atoms with Crippen LogP contribution in [0.15, 0.2) is 0 Å². The number of hydrogen-bond donors (Lipinski definition) is 0. The molecule has 9 heteroatoms. The molecule has 0 aliphatic rings. The van der Waals surface area contributed by atoms with Crippen LogP contribution in [0, 0.1) is 0 Å². The van der Waals surface area contributed by atoms with Gasteiger partial charge in [-0.15, -0.1) is 0 Å². The molecule has 0 rings (SSSR count). The number of nitrogens with zero attached hydrogens (tertiary/aromatic N) is 1. The van der Waals surface area contributed by atoms with Crippen molar-refractivity contribution in [3.63, 3.8) is 0 Å². The normalized spacial score (nSPS) is 13.1. The lowest BCUT2D eigenvalue weighted by Gasteiger charge is -2.27. The molecule has 0 saturated carbocycles. The first-order chi connectivity index (χ1) is 6.01. The fourth-order valence-corrected chi connectivity index (χ4v) is 11.4. The monoisotopic (exact) mass is 261 g/mol. The van der Waals surface area contributed by atoms with E-state index in [0.717, 1.165) is 2.27 Å². The van der Waals surface area contributed by atoms with Gasteiger partial charge in [-0.05, 0) is 0 Å². The highest BCUT2D eigenvalue weighted by atomic mass is 32.2. The summed E-state index contributed by atoms with van der Waals surface area (Å²) in [6, 6.07) is 0. The van der Waals surface area contributed by atoms with Crippen LogP contribution in [0.4, 0.5) is 13.2 Å². The standard InChI is InChI=1S/CF3NO2S.4CH3.2Al/c2-1(3,4)8(5,6)7;;;;;;/h;4*1H3;;. The van der Waals surface area contributed by atoms with E-state index in [-0.39, 0.29) is 0 Å². The van der Waals surface area contributed by atoms with E-state index in [1.807, 2.05) is 0 Å². The number of halogens is 3. The van der Waals surface area contributed by atoms with Gasteiger partial charge in [-0.3, -0.25) is 0 Å². The number of hydrogen-bond acceptors (Lipinski definition) is 2. The van der Waals surface area contributed by atoms with Gasteiger partial charge in [-0.25, -0.2) is 8.42 Å². The van der Waals surface area contributed by atoms with Gasteiger partial charge in [0.15, 0.2) is 0 Å². The zero-order valence-corrected chi connectivity index (χ0v) is 11.6. The van der Waals surface area contributed by atoms with Gasteiger partial charge in [0.05, 0.1) is 0 Å². The van der Waals surface area contributed by atoms with Crippen molar-refractivity contribution in [3.05, 3.63) is 0 Å². The van der Waals surface area contributed by atoms with Crippen molar-refractivity contribution in [2.45, 2.75) is 28.7 Å². The Bertz CT molecular complexity index is 280. The summed E-state index contributed by atoms with van der Waals surface area (Å²) < 4.78 is 59.6. The molecule has 0 atom stereocenters. The lowest BCUT2D eigenvalue weighted by Crippen LogP contribution is -2.52. The third kappa shape index (κ3) is 3.13. The van der Waals surface area contributed by atoms with Gasteiger partial charge in [0.2, 0.25) is 0 Å². The molecule has 0 aromatic heterocycles. The maximum atomic E-state index is 12.2. The van der Waals surface area contributed by atoms with Crippen LogP contribution in [0.5, 0.6) is 0 Å². The Labute approximate surface area is 91.2 Å². The minimum Gasteiger partial charge on any atom is -0.356 e. The fraction of sp³-hybridized carbons (Fsp3) is 1.00. The van der Waals surface area contributed by atoms with Gasteiger partial charge >= 0.3 is 34.2 Å². The van der Waals surface area contributed by atoms with Crippen LogP contribution in [-0.4, -0.2) is 44.9 Å². The summed E-state index contributed by atoms with van der Waals surface area (Å²) in [5, 5.41) is 0. The second kappa shape index (κ2) is 4.73. The van der Waals surface area contributed by atoms with Crippen LogP contribution in [0.1, 0.15) is 0 Å². The smallest absolute Gasteiger partial charge is 0.356 e. The summed E-state index contributed by atoms with van der Waals surface area (Å²) in [7, 11) is -5.08. The minimum absolute atomic E-state index is 0.729. The summed E-state index contributed by atoms with van der Waals surface area (Å²) >= 11 is -3.96. The summed E-state index contributed by atoms with van der Waals surface area (Å²) in [4.78, 5) is 0. The third-order valence-electron chi connectivity index (χ3n) is 1.59. The second-order valence-electron chi connectivity index (χ2n) is 3.47. The highest BCUT2D eigenvalue weighted by Gasteiger charge is 2.51. The van der Waals surface area contributed by atoms with Crippen molar-refractivity contribution in [3.8, 4) is 0 Å². The molecule has 0 aliphatic carbocycles. The average Bonchev–Trinajstić information content (AvgIpc) is 1.79. The topological polar surface area (TPSA) is 37.4 Å². The van der Waals surface area contributed by atoms with Gasteiger partial charge in [0, 0.05) is 0 Å². The Morgan fingerprint density at radius 3 is 1.36 bits per heavy atom. The molecule has 82 valence electrons. The van der Waals surface area contributed by atoms with E-state index >= 15 is 0 Å². The predicted molar refractivity (Wildman–Crippen MR) is 51.8 cm³/mol. The maximum absolute atomic E-state index is 12.2. The molecule has 0 amide bonds. The SMILES string of the molecule is [CH3][Al]([CH3])[N]([Al]([CH3])[CH3])S(=O)(=O)C(F)(F)F. The van der Waals surface area contributed by atoms with Crippen LogP contribution in [0.3, 0.4) is 0 Å². The van der Waals surface area contributed by atoms with E-state index in [4.69, 9.17) is 0 Å². The molecule has 0 heterocycles. The Hall–Kier alpha value is 0.765. The summed E-state index contributed by atoms with van der Waals surface area (Å²) in [5.74, 6) is 6.32. The molecule has 0 saturated heterocycles. The van der Waals surface area contributed by atoms with Crippen LogP contribution in [0.25, 0.3) is 0 Å². The minimum atomic E-state index is -5.15. The van der Waals surface area contributed by atoms with E-state index in [9.17, 15) is 21.6 Å². The van der Waals surface area contributed by atoms with Gasteiger partial charge in [0.1, 0.15) is 0 Å². The molecule has 14 heavy (non-hydrogen) atoms. The van der Waals surface area contributed by atoms with E-state index in [2.05, 4.69) is 0 Å². The second-order valence-corrected chi connectivity index (χ2v) is 12.1. The van der Waals surface area contributed by atoms with Crippen LogP contribution >= 0.6 is 0 Å². The summed E-state index contributed by atoms with van der Waals surface area (Å²) in [5.41, 5.74) is -5.15. The lowest BCUT2D eigenvalue weighted by atomic mass is 11.6. The van der Waals surface area contributed by atoms with Crippen LogP contribution in [0.2, 0.25) is 23.1 Å². The molecule has 0 aromatic carbocycles. The van der Waals surface area contributed by atoms with Crippen molar-refractivity contribution in [1.29, 1.82) is 0 Å². The molecular formula is C5H12Al2F3NO2S. The van der Waals surface area contributed by atoms with E-state index < -0.39 is 44.3 Å². The van der Waals surface area contributed by atoms with Crippen molar-refractivity contribution in [2.75, 3.05) is 0 Å². The Morgan fingerprint density at radius 2 is 1.29 bits per heavy atom. The van der Waals surface area contributed by atoms with Gasteiger partial charge in [0.25, 0.3) is 10.0 Å². The van der Waals surface area contributed by atoms with Crippen LogP contribution in [-0.2, 0) is 10.0 Å². The molecule has 0 N–H and O–H groups in total. The van der Waals surface area contributed by atoms with Crippen molar-refractivity contribution < 1.29 is 21.6 Å². The average molecular weight is 261 g/mol. The molecule has 0 aliphatic heterocycles. The highest BCUT2D eigenvalue weighted by Crippen LogP contribution is 2.28. The number of alkyl halides is 3. The maximum Gasteiger partial charge on any atom is 0.508 e. The van der Waals surface area contributed by atoms with Crippen molar-refractivity contribution in [2.24, 2.45) is 0 Å². The summed E-state index contributed by atoms with van der Waals surface area (Å²) in [6.45, 7) is 0. The van der Waals surface area contributed by atoms with Crippen LogP contribution < -0.4 is 0 Å². The number of sulfonamides is 1. The molecule has 0 radical (unpaired) electrons. The third-order valence-corrected chi connectivity index (χ3v) is 12.5. The van der Waals surface area contributed by atoms with E-state index in [1.54, 1.807) is 23.1 Å². The quantitative estimate of drug-likeness (QED) is 0.724. The zero-order chi connectivity index (χ0) is 11.7. The first-order valence-electron chi connectivity index (χ1n) is 4.11. The van der Waals surface area contributed by atoms with Gasteiger partial charge in [-0.2, -0.15) is 13.2 Å². The molecule has 0 bridgehead atoms. The largest absolute Gasteiger partial charge is 0.508 e. The first kappa shape index (κ1) is 14.8. The van der Waals surface area contributed by atoms with Crippen molar-refractivity contribution in [1.82, 2.24) is 2.27 Å². The summed E-state index contributed by atoms with van der Waals surface area (Å²) in [6.07, 6.45) is 0. The lowest BCUT2D eigenvalue weighted by molar-refractivity contribution is -0.0458. The molecule has 0 spiro atoms. The molecule has 0 aromatic rings. The Kier molecular flexibility index (Phi) is 4.99. The van der Waals surface area contributed by atoms with E-state index in [0.29, 0.717) is 0 Å². The van der Waals surface area contributed by atoms with Gasteiger partial charge in [-0.1, -0.05) is 23.1 Å². The van der Waals surface area contributed by atoms with E-state index in [1.165, 1.54) is 0 Å². The first-order valence-corrected chi connectivity index (χ1v) is 11.2. The molecule has 3 nitrogen and oxygen atoms in total. The molecular weight excluding hydrogens is 249 g/mol. The Balaban J connectivity index is 5.24. The van der Waals surface area contributed by atoms with Gasteiger partial charge < -0.3 is 2.27 Å². The fourth-order valence-electron chi connectivity index (χ4n) is 1.27. The molecule has 0 fully saturated rings. The zero-order valence-electron chi connectivity index (χ0n) is 8.46. The number of rotatable bonds is 3. The highest BCUT2D eigenvalue weighted by molar-refractivity contribution is 7.92. The Morgan fingerprint density at radius 1 is 1.00 bits per heavy atom. The van der Waals surface area contributed by atoms with Crippen molar-refractivity contribution >= 4 is 38.8 Å². The molecule has 0 unspecified atom stereocenters.